The van der Waals surface area contributed by atoms with Crippen LogP contribution < -0.4 is 4.74 Å². The fraction of sp³-hybridized carbons (Fsp3) is 0.462. The molecular formula is C13H16N2O4. The third-order valence-corrected chi connectivity index (χ3v) is 3.22. The molecule has 0 spiro atoms. The van der Waals surface area contributed by atoms with Crippen molar-refractivity contribution in [1.29, 1.82) is 0 Å². The molecule has 2 heterocycles. The number of hydrogen-bond donors (Lipinski definition) is 1. The van der Waals surface area contributed by atoms with Crippen LogP contribution >= 0.6 is 0 Å². The molecule has 1 aromatic rings. The molecule has 6 nitrogen and oxygen atoms in total. The molecule has 1 saturated heterocycles. The summed E-state index contributed by atoms with van der Waals surface area (Å²) in [6.07, 6.45) is 1.19. The first-order valence-electron chi connectivity index (χ1n) is 6.10. The van der Waals surface area contributed by atoms with Gasteiger partial charge in [-0.15, -0.1) is 0 Å². The maximum absolute atomic E-state index is 12.4. The van der Waals surface area contributed by atoms with Gasteiger partial charge in [-0.2, -0.15) is 0 Å². The molecule has 0 bridgehead atoms. The van der Waals surface area contributed by atoms with Crippen molar-refractivity contribution in [2.45, 2.75) is 25.8 Å². The van der Waals surface area contributed by atoms with Crippen LogP contribution in [0.4, 0.5) is 0 Å². The Bertz CT molecular complexity index is 515. The molecule has 6 heteroatoms. The molecule has 1 amide bonds. The molecule has 1 aliphatic heterocycles. The Hall–Kier alpha value is -2.11. The fourth-order valence-corrected chi connectivity index (χ4v) is 2.27. The standard InChI is InChI=1S/C13H16N2O4/c1-8-5-6-9(11(14-8)19-2)12(16)15-7-3-4-10(15)13(17)18/h5-6,10H,3-4,7H2,1-2H3,(H,17,18). The summed E-state index contributed by atoms with van der Waals surface area (Å²) in [5.74, 6) is -1.07. The summed E-state index contributed by atoms with van der Waals surface area (Å²) in [4.78, 5) is 29.0. The predicted molar refractivity (Wildman–Crippen MR) is 67.2 cm³/mol. The number of methoxy groups -OCH3 is 1. The maximum Gasteiger partial charge on any atom is 0.326 e. The van der Waals surface area contributed by atoms with Crippen LogP contribution in [0.25, 0.3) is 0 Å². The lowest BCUT2D eigenvalue weighted by atomic mass is 10.2. The molecule has 0 saturated carbocycles. The van der Waals surface area contributed by atoms with E-state index < -0.39 is 12.0 Å². The van der Waals surface area contributed by atoms with Crippen LogP contribution in [0.3, 0.4) is 0 Å². The number of nitrogens with zero attached hydrogens (tertiary/aromatic N) is 2. The summed E-state index contributed by atoms with van der Waals surface area (Å²) in [5.41, 5.74) is 1.05. The second kappa shape index (κ2) is 5.26. The number of aromatic nitrogens is 1. The van der Waals surface area contributed by atoms with E-state index in [2.05, 4.69) is 4.98 Å². The van der Waals surface area contributed by atoms with Crippen molar-refractivity contribution >= 4 is 11.9 Å². The molecule has 0 radical (unpaired) electrons. The molecule has 1 unspecified atom stereocenters. The van der Waals surface area contributed by atoms with E-state index in [-0.39, 0.29) is 11.8 Å². The zero-order valence-electron chi connectivity index (χ0n) is 10.9. The molecular weight excluding hydrogens is 248 g/mol. The number of hydrogen-bond acceptors (Lipinski definition) is 4. The molecule has 1 fully saturated rings. The summed E-state index contributed by atoms with van der Waals surface area (Å²) in [5, 5.41) is 9.11. The highest BCUT2D eigenvalue weighted by Crippen LogP contribution is 2.24. The van der Waals surface area contributed by atoms with Gasteiger partial charge in [0.25, 0.3) is 5.91 Å². The number of aryl methyl sites for hydroxylation is 1. The Labute approximate surface area is 111 Å². The van der Waals surface area contributed by atoms with Crippen molar-refractivity contribution in [3.63, 3.8) is 0 Å². The zero-order chi connectivity index (χ0) is 14.0. The van der Waals surface area contributed by atoms with E-state index in [1.807, 2.05) is 0 Å². The summed E-state index contributed by atoms with van der Waals surface area (Å²) in [7, 11) is 1.44. The van der Waals surface area contributed by atoms with Gasteiger partial charge in [0.15, 0.2) is 0 Å². The normalized spacial score (nSPS) is 18.4. The van der Waals surface area contributed by atoms with Crippen molar-refractivity contribution < 1.29 is 19.4 Å². The molecule has 102 valence electrons. The smallest absolute Gasteiger partial charge is 0.326 e. The number of rotatable bonds is 3. The fourth-order valence-electron chi connectivity index (χ4n) is 2.27. The lowest BCUT2D eigenvalue weighted by Crippen LogP contribution is -2.40. The summed E-state index contributed by atoms with van der Waals surface area (Å²) in [6, 6.07) is 2.58. The van der Waals surface area contributed by atoms with Gasteiger partial charge in [-0.05, 0) is 31.9 Å². The van der Waals surface area contributed by atoms with Gasteiger partial charge in [0, 0.05) is 12.2 Å². The van der Waals surface area contributed by atoms with Crippen LogP contribution in [0, 0.1) is 6.92 Å². The first-order chi connectivity index (χ1) is 9.04. The van der Waals surface area contributed by atoms with Gasteiger partial charge < -0.3 is 14.7 Å². The van der Waals surface area contributed by atoms with E-state index in [1.165, 1.54) is 12.0 Å². The van der Waals surface area contributed by atoms with E-state index in [1.54, 1.807) is 19.1 Å². The Morgan fingerprint density at radius 2 is 2.21 bits per heavy atom. The number of aliphatic carboxylic acids is 1. The van der Waals surface area contributed by atoms with Crippen molar-refractivity contribution in [3.8, 4) is 5.88 Å². The Balaban J connectivity index is 2.31. The molecule has 2 rings (SSSR count). The second-order valence-corrected chi connectivity index (χ2v) is 4.50. The first-order valence-corrected chi connectivity index (χ1v) is 6.10. The highest BCUT2D eigenvalue weighted by Gasteiger charge is 2.35. The quantitative estimate of drug-likeness (QED) is 0.884. The number of pyridine rings is 1. The van der Waals surface area contributed by atoms with E-state index in [4.69, 9.17) is 9.84 Å². The Morgan fingerprint density at radius 3 is 2.84 bits per heavy atom. The zero-order valence-corrected chi connectivity index (χ0v) is 10.9. The molecule has 0 aliphatic carbocycles. The summed E-state index contributed by atoms with van der Waals surface area (Å²) in [6.45, 7) is 2.25. The van der Waals surface area contributed by atoms with Crippen molar-refractivity contribution in [3.05, 3.63) is 23.4 Å². The van der Waals surface area contributed by atoms with E-state index in [0.717, 1.165) is 5.69 Å². The molecule has 0 aromatic carbocycles. The van der Waals surface area contributed by atoms with Crippen LogP contribution in [0.1, 0.15) is 28.9 Å². The average Bonchev–Trinajstić information content (AvgIpc) is 2.87. The van der Waals surface area contributed by atoms with Gasteiger partial charge in [0.05, 0.1) is 7.11 Å². The summed E-state index contributed by atoms with van der Waals surface area (Å²) >= 11 is 0. The van der Waals surface area contributed by atoms with E-state index >= 15 is 0 Å². The predicted octanol–water partition coefficient (Wildman–Crippen LogP) is 1.09. The molecule has 1 aliphatic rings. The van der Waals surface area contributed by atoms with Gasteiger partial charge in [-0.25, -0.2) is 9.78 Å². The highest BCUT2D eigenvalue weighted by molar-refractivity contribution is 5.98. The molecule has 1 aromatic heterocycles. The highest BCUT2D eigenvalue weighted by atomic mass is 16.5. The lowest BCUT2D eigenvalue weighted by Gasteiger charge is -2.22. The van der Waals surface area contributed by atoms with Gasteiger partial charge in [0.1, 0.15) is 11.6 Å². The Kier molecular flexibility index (Phi) is 3.69. The van der Waals surface area contributed by atoms with Crippen molar-refractivity contribution in [2.75, 3.05) is 13.7 Å². The number of ether oxygens (including phenoxy) is 1. The SMILES string of the molecule is COc1nc(C)ccc1C(=O)N1CCCC1C(=O)O. The second-order valence-electron chi connectivity index (χ2n) is 4.50. The molecule has 1 atom stereocenters. The van der Waals surface area contributed by atoms with Crippen LogP contribution in [0.15, 0.2) is 12.1 Å². The van der Waals surface area contributed by atoms with Crippen LogP contribution in [-0.2, 0) is 4.79 Å². The minimum atomic E-state index is -0.968. The van der Waals surface area contributed by atoms with E-state index in [0.29, 0.717) is 24.9 Å². The minimum Gasteiger partial charge on any atom is -0.480 e. The number of carboxylic acid groups (broad SMARTS) is 1. The maximum atomic E-state index is 12.4. The third kappa shape index (κ3) is 2.52. The van der Waals surface area contributed by atoms with Crippen molar-refractivity contribution in [1.82, 2.24) is 9.88 Å². The number of amides is 1. The number of carbonyl (C=O) groups excluding carboxylic acids is 1. The topological polar surface area (TPSA) is 79.7 Å². The number of likely N-dealkylation sites (tertiary alicyclic amines) is 1. The molecule has 1 N–H and O–H groups in total. The third-order valence-electron chi connectivity index (χ3n) is 3.22. The van der Waals surface area contributed by atoms with E-state index in [9.17, 15) is 9.59 Å². The van der Waals surface area contributed by atoms with Crippen LogP contribution in [0.2, 0.25) is 0 Å². The van der Waals surface area contributed by atoms with Crippen molar-refractivity contribution in [2.24, 2.45) is 0 Å². The van der Waals surface area contributed by atoms with Crippen LogP contribution in [0.5, 0.6) is 5.88 Å². The monoisotopic (exact) mass is 264 g/mol. The summed E-state index contributed by atoms with van der Waals surface area (Å²) < 4.78 is 5.10. The van der Waals surface area contributed by atoms with Gasteiger partial charge in [0.2, 0.25) is 5.88 Å². The average molecular weight is 264 g/mol. The molecule has 19 heavy (non-hydrogen) atoms. The van der Waals surface area contributed by atoms with Gasteiger partial charge >= 0.3 is 5.97 Å². The lowest BCUT2D eigenvalue weighted by molar-refractivity contribution is -0.141. The number of carbonyl (C=O) groups is 2. The number of carboxylic acids is 1. The first kappa shape index (κ1) is 13.3. The largest absolute Gasteiger partial charge is 0.480 e. The minimum absolute atomic E-state index is 0.237. The van der Waals surface area contributed by atoms with Gasteiger partial charge in [-0.1, -0.05) is 0 Å². The van der Waals surface area contributed by atoms with Crippen LogP contribution in [-0.4, -0.2) is 46.6 Å². The van der Waals surface area contributed by atoms with Gasteiger partial charge in [-0.3, -0.25) is 4.79 Å². The Morgan fingerprint density at radius 1 is 1.47 bits per heavy atom.